The number of alkyl halides is 3. The average molecular weight is 209 g/mol. The van der Waals surface area contributed by atoms with Gasteiger partial charge in [-0.05, 0) is 12.8 Å². The molecular weight excluding hydrogens is 191 g/mol. The lowest BCUT2D eigenvalue weighted by molar-refractivity contribution is -0.149. The van der Waals surface area contributed by atoms with Crippen molar-refractivity contribution in [1.29, 1.82) is 0 Å². The molecule has 1 fully saturated rings. The first-order chi connectivity index (χ1) is 6.41. The minimum Gasteiger partial charge on any atom is -0.325 e. The first-order valence-corrected chi connectivity index (χ1v) is 5.27. The maximum Gasteiger partial charge on any atom is 0.390 e. The van der Waals surface area contributed by atoms with Gasteiger partial charge in [0.05, 0.1) is 6.42 Å². The van der Waals surface area contributed by atoms with Crippen molar-refractivity contribution < 1.29 is 13.2 Å². The summed E-state index contributed by atoms with van der Waals surface area (Å²) in [5.41, 5.74) is 4.81. The zero-order chi connectivity index (χ0) is 10.7. The summed E-state index contributed by atoms with van der Waals surface area (Å²) in [5, 5.41) is 0. The molecule has 0 atom stereocenters. The molecule has 1 nitrogen and oxygen atoms in total. The fourth-order valence-electron chi connectivity index (χ4n) is 2.19. The van der Waals surface area contributed by atoms with Crippen molar-refractivity contribution in [3.05, 3.63) is 0 Å². The molecule has 0 saturated heterocycles. The van der Waals surface area contributed by atoms with Crippen LogP contribution in [0, 0.1) is 0 Å². The smallest absolute Gasteiger partial charge is 0.325 e. The topological polar surface area (TPSA) is 26.0 Å². The standard InChI is InChI=1S/C10H18F3N/c11-10(12,13)8-9(14)6-4-2-1-3-5-7-9/h1-8,14H2. The highest BCUT2D eigenvalue weighted by molar-refractivity contribution is 4.87. The van der Waals surface area contributed by atoms with E-state index in [1.54, 1.807) is 0 Å². The van der Waals surface area contributed by atoms with Crippen LogP contribution in [0.25, 0.3) is 0 Å². The predicted octanol–water partition coefficient (Wildman–Crippen LogP) is 3.38. The van der Waals surface area contributed by atoms with E-state index in [1.165, 1.54) is 0 Å². The highest BCUT2D eigenvalue weighted by Crippen LogP contribution is 2.34. The maximum atomic E-state index is 12.2. The van der Waals surface area contributed by atoms with E-state index < -0.39 is 18.1 Å². The predicted molar refractivity (Wildman–Crippen MR) is 49.9 cm³/mol. The molecule has 84 valence electrons. The van der Waals surface area contributed by atoms with Gasteiger partial charge in [-0.1, -0.05) is 32.1 Å². The molecule has 0 aromatic heterocycles. The van der Waals surface area contributed by atoms with E-state index in [9.17, 15) is 13.2 Å². The second-order valence-electron chi connectivity index (χ2n) is 4.42. The van der Waals surface area contributed by atoms with Crippen LogP contribution in [0.1, 0.15) is 51.4 Å². The maximum absolute atomic E-state index is 12.2. The van der Waals surface area contributed by atoms with Crippen molar-refractivity contribution in [2.24, 2.45) is 5.73 Å². The Morgan fingerprint density at radius 3 is 1.79 bits per heavy atom. The number of hydrogen-bond acceptors (Lipinski definition) is 1. The molecule has 0 spiro atoms. The van der Waals surface area contributed by atoms with Gasteiger partial charge in [-0.2, -0.15) is 13.2 Å². The molecule has 0 heterocycles. The Bertz CT molecular complexity index is 169. The van der Waals surface area contributed by atoms with Crippen LogP contribution < -0.4 is 5.73 Å². The van der Waals surface area contributed by atoms with Crippen molar-refractivity contribution in [1.82, 2.24) is 0 Å². The van der Waals surface area contributed by atoms with E-state index in [1.807, 2.05) is 0 Å². The van der Waals surface area contributed by atoms with Crippen LogP contribution in [0.5, 0.6) is 0 Å². The summed E-state index contributed by atoms with van der Waals surface area (Å²) in [6.45, 7) is 0. The molecule has 1 aliphatic rings. The molecule has 4 heteroatoms. The number of nitrogens with two attached hydrogens (primary N) is 1. The molecule has 0 aliphatic heterocycles. The number of hydrogen-bond donors (Lipinski definition) is 1. The highest BCUT2D eigenvalue weighted by Gasteiger charge is 2.39. The normalized spacial score (nSPS) is 24.0. The molecule has 2 N–H and O–H groups in total. The molecule has 1 aliphatic carbocycles. The van der Waals surface area contributed by atoms with Crippen LogP contribution in [-0.4, -0.2) is 11.7 Å². The Hall–Kier alpha value is -0.250. The fraction of sp³-hybridized carbons (Fsp3) is 1.00. The molecule has 0 amide bonds. The zero-order valence-electron chi connectivity index (χ0n) is 8.37. The summed E-state index contributed by atoms with van der Waals surface area (Å²) in [5.74, 6) is 0. The van der Waals surface area contributed by atoms with Crippen LogP contribution >= 0.6 is 0 Å². The summed E-state index contributed by atoms with van der Waals surface area (Å²) in [6, 6.07) is 0. The Kier molecular flexibility index (Phi) is 3.81. The summed E-state index contributed by atoms with van der Waals surface area (Å²) < 4.78 is 36.7. The van der Waals surface area contributed by atoms with Gasteiger partial charge < -0.3 is 5.73 Å². The van der Waals surface area contributed by atoms with E-state index in [0.29, 0.717) is 12.8 Å². The van der Waals surface area contributed by atoms with Gasteiger partial charge >= 0.3 is 6.18 Å². The van der Waals surface area contributed by atoms with Crippen LogP contribution in [0.4, 0.5) is 13.2 Å². The number of halogens is 3. The Labute approximate surface area is 82.9 Å². The largest absolute Gasteiger partial charge is 0.390 e. The first-order valence-electron chi connectivity index (χ1n) is 5.27. The van der Waals surface area contributed by atoms with Crippen molar-refractivity contribution in [3.8, 4) is 0 Å². The van der Waals surface area contributed by atoms with E-state index in [2.05, 4.69) is 0 Å². The molecule has 14 heavy (non-hydrogen) atoms. The van der Waals surface area contributed by atoms with Crippen LogP contribution in [0.3, 0.4) is 0 Å². The Morgan fingerprint density at radius 1 is 0.929 bits per heavy atom. The van der Waals surface area contributed by atoms with Gasteiger partial charge in [-0.15, -0.1) is 0 Å². The van der Waals surface area contributed by atoms with Crippen molar-refractivity contribution in [2.45, 2.75) is 63.1 Å². The summed E-state index contributed by atoms with van der Waals surface area (Å²) in [7, 11) is 0. The lowest BCUT2D eigenvalue weighted by Gasteiger charge is -2.32. The van der Waals surface area contributed by atoms with Crippen molar-refractivity contribution in [3.63, 3.8) is 0 Å². The van der Waals surface area contributed by atoms with Gasteiger partial charge in [0.25, 0.3) is 0 Å². The molecular formula is C10H18F3N. The van der Waals surface area contributed by atoms with Gasteiger partial charge in [0.2, 0.25) is 0 Å². The zero-order valence-corrected chi connectivity index (χ0v) is 8.37. The monoisotopic (exact) mass is 209 g/mol. The minimum atomic E-state index is -4.12. The molecule has 0 radical (unpaired) electrons. The summed E-state index contributed by atoms with van der Waals surface area (Å²) >= 11 is 0. The molecule has 0 unspecified atom stereocenters. The first kappa shape index (κ1) is 11.8. The third-order valence-electron chi connectivity index (χ3n) is 2.90. The summed E-state index contributed by atoms with van der Waals surface area (Å²) in [4.78, 5) is 0. The lowest BCUT2D eigenvalue weighted by atomic mass is 9.82. The molecule has 0 aromatic rings. The lowest BCUT2D eigenvalue weighted by Crippen LogP contribution is -2.44. The van der Waals surface area contributed by atoms with E-state index in [4.69, 9.17) is 5.73 Å². The quantitative estimate of drug-likeness (QED) is 0.704. The SMILES string of the molecule is NC1(CC(F)(F)F)CCCCCCC1. The highest BCUT2D eigenvalue weighted by atomic mass is 19.4. The second kappa shape index (κ2) is 4.51. The van der Waals surface area contributed by atoms with Gasteiger partial charge in [0, 0.05) is 5.54 Å². The number of rotatable bonds is 1. The van der Waals surface area contributed by atoms with Crippen molar-refractivity contribution in [2.75, 3.05) is 0 Å². The van der Waals surface area contributed by atoms with Gasteiger partial charge in [-0.3, -0.25) is 0 Å². The fourth-order valence-corrected chi connectivity index (χ4v) is 2.19. The Balaban J connectivity index is 2.50. The van der Waals surface area contributed by atoms with Crippen molar-refractivity contribution >= 4 is 0 Å². The molecule has 1 saturated carbocycles. The summed E-state index contributed by atoms with van der Waals surface area (Å²) in [6.07, 6.45) is 0.974. The minimum absolute atomic E-state index is 0.520. The second-order valence-corrected chi connectivity index (χ2v) is 4.42. The van der Waals surface area contributed by atoms with E-state index in [0.717, 1.165) is 32.1 Å². The third kappa shape index (κ3) is 4.31. The third-order valence-corrected chi connectivity index (χ3v) is 2.90. The van der Waals surface area contributed by atoms with Crippen LogP contribution in [-0.2, 0) is 0 Å². The van der Waals surface area contributed by atoms with Gasteiger partial charge in [-0.25, -0.2) is 0 Å². The molecule has 0 aromatic carbocycles. The van der Waals surface area contributed by atoms with Crippen LogP contribution in [0.15, 0.2) is 0 Å². The average Bonchev–Trinajstić information content (AvgIpc) is 1.95. The van der Waals surface area contributed by atoms with Gasteiger partial charge in [0.15, 0.2) is 0 Å². The molecule has 1 rings (SSSR count). The van der Waals surface area contributed by atoms with Crippen LogP contribution in [0.2, 0.25) is 0 Å². The molecule has 0 bridgehead atoms. The van der Waals surface area contributed by atoms with E-state index in [-0.39, 0.29) is 0 Å². The van der Waals surface area contributed by atoms with E-state index >= 15 is 0 Å². The Morgan fingerprint density at radius 2 is 1.36 bits per heavy atom. The van der Waals surface area contributed by atoms with Gasteiger partial charge in [0.1, 0.15) is 0 Å².